The summed E-state index contributed by atoms with van der Waals surface area (Å²) >= 11 is 3.44. The zero-order valence-electron chi connectivity index (χ0n) is 13.5. The fourth-order valence-corrected chi connectivity index (χ4v) is 3.31. The number of benzene rings is 2. The van der Waals surface area contributed by atoms with E-state index >= 15 is 0 Å². The van der Waals surface area contributed by atoms with Gasteiger partial charge in [-0.05, 0) is 30.7 Å². The van der Waals surface area contributed by atoms with E-state index in [2.05, 4.69) is 26.2 Å². The van der Waals surface area contributed by atoms with Gasteiger partial charge in [0.15, 0.2) is 0 Å². The third kappa shape index (κ3) is 3.56. The first-order valence-corrected chi connectivity index (χ1v) is 8.52. The predicted octanol–water partition coefficient (Wildman–Crippen LogP) is 2.33. The van der Waals surface area contributed by atoms with Crippen molar-refractivity contribution in [2.45, 2.75) is 19.5 Å². The van der Waals surface area contributed by atoms with Crippen LogP contribution in [-0.2, 0) is 11.3 Å². The summed E-state index contributed by atoms with van der Waals surface area (Å²) in [5.74, 6) is -0.411. The molecule has 0 aliphatic heterocycles. The number of halogens is 1. The maximum atomic E-state index is 12.5. The molecule has 0 saturated heterocycles. The molecule has 2 N–H and O–H groups in total. The van der Waals surface area contributed by atoms with Gasteiger partial charge in [0.1, 0.15) is 6.54 Å². The van der Waals surface area contributed by atoms with Crippen molar-refractivity contribution in [3.63, 3.8) is 0 Å². The van der Waals surface area contributed by atoms with Crippen molar-refractivity contribution in [1.29, 1.82) is 0 Å². The fraction of sp³-hybridized carbons (Fsp3) is 0.167. The first kappa shape index (κ1) is 17.2. The van der Waals surface area contributed by atoms with Crippen LogP contribution in [0, 0.1) is 0 Å². The molecule has 0 saturated carbocycles. The largest absolute Gasteiger partial charge is 0.348 e. The number of fused-ring (bicyclic) bond motifs is 1. The Morgan fingerprint density at radius 1 is 1.16 bits per heavy atom. The molecule has 1 amide bonds. The number of para-hydroxylation sites is 1. The lowest BCUT2D eigenvalue weighted by Crippen LogP contribution is -2.41. The van der Waals surface area contributed by atoms with Crippen LogP contribution in [0.1, 0.15) is 18.5 Å². The average Bonchev–Trinajstić information content (AvgIpc) is 2.59. The fourth-order valence-electron chi connectivity index (χ4n) is 2.68. The number of aromatic amines is 1. The number of amides is 1. The van der Waals surface area contributed by atoms with Gasteiger partial charge in [-0.1, -0.05) is 46.3 Å². The van der Waals surface area contributed by atoms with Crippen molar-refractivity contribution in [2.24, 2.45) is 0 Å². The molecule has 25 heavy (non-hydrogen) atoms. The van der Waals surface area contributed by atoms with Crippen LogP contribution < -0.4 is 16.6 Å². The third-order valence-corrected chi connectivity index (χ3v) is 4.66. The molecule has 2 aromatic carbocycles. The van der Waals surface area contributed by atoms with E-state index in [9.17, 15) is 14.4 Å². The minimum Gasteiger partial charge on any atom is -0.348 e. The second kappa shape index (κ2) is 7.06. The maximum absolute atomic E-state index is 12.5. The second-order valence-corrected chi connectivity index (χ2v) is 6.53. The summed E-state index contributed by atoms with van der Waals surface area (Å²) in [4.78, 5) is 39.5. The van der Waals surface area contributed by atoms with Crippen LogP contribution in [0.25, 0.3) is 10.9 Å². The van der Waals surface area contributed by atoms with Crippen LogP contribution in [0.4, 0.5) is 0 Å². The number of hydrogen-bond acceptors (Lipinski definition) is 3. The Morgan fingerprint density at radius 3 is 2.60 bits per heavy atom. The summed E-state index contributed by atoms with van der Waals surface area (Å²) < 4.78 is 1.79. The Labute approximate surface area is 151 Å². The van der Waals surface area contributed by atoms with Gasteiger partial charge in [0.05, 0.1) is 16.9 Å². The topological polar surface area (TPSA) is 84.0 Å². The van der Waals surface area contributed by atoms with E-state index in [1.165, 1.54) is 0 Å². The van der Waals surface area contributed by atoms with Gasteiger partial charge >= 0.3 is 5.69 Å². The standard InChI is InChI=1S/C18H16BrN3O3/c1-11(12-6-2-4-8-14(12)19)20-16(23)10-22-17(24)13-7-3-5-9-15(13)21-18(22)25/h2-9,11H,10H2,1H3,(H,20,23)(H,21,25). The highest BCUT2D eigenvalue weighted by Gasteiger charge is 2.15. The van der Waals surface area contributed by atoms with Crippen LogP contribution >= 0.6 is 15.9 Å². The normalized spacial score (nSPS) is 12.1. The Balaban J connectivity index is 1.84. The van der Waals surface area contributed by atoms with Crippen molar-refractivity contribution in [1.82, 2.24) is 14.9 Å². The SMILES string of the molecule is CC(NC(=O)Cn1c(=O)[nH]c2ccccc2c1=O)c1ccccc1Br. The zero-order chi connectivity index (χ0) is 18.0. The molecule has 1 unspecified atom stereocenters. The van der Waals surface area contributed by atoms with E-state index in [0.29, 0.717) is 10.9 Å². The summed E-state index contributed by atoms with van der Waals surface area (Å²) in [5.41, 5.74) is 0.279. The minimum absolute atomic E-state index is 0.265. The van der Waals surface area contributed by atoms with E-state index in [0.717, 1.165) is 14.6 Å². The van der Waals surface area contributed by atoms with Crippen LogP contribution in [0.15, 0.2) is 62.6 Å². The molecule has 0 bridgehead atoms. The highest BCUT2D eigenvalue weighted by Crippen LogP contribution is 2.22. The Hall–Kier alpha value is -2.67. The molecule has 7 heteroatoms. The third-order valence-electron chi connectivity index (χ3n) is 3.94. The molecule has 3 aromatic rings. The number of nitrogens with one attached hydrogen (secondary N) is 2. The van der Waals surface area contributed by atoms with Gasteiger partial charge in [-0.3, -0.25) is 14.2 Å². The summed E-state index contributed by atoms with van der Waals surface area (Å²) in [6.45, 7) is 1.50. The summed E-state index contributed by atoms with van der Waals surface area (Å²) in [6, 6.07) is 14.0. The van der Waals surface area contributed by atoms with E-state index in [1.54, 1.807) is 24.3 Å². The van der Waals surface area contributed by atoms with Crippen LogP contribution in [-0.4, -0.2) is 15.5 Å². The van der Waals surface area contributed by atoms with Crippen molar-refractivity contribution < 1.29 is 4.79 Å². The summed E-state index contributed by atoms with van der Waals surface area (Å²) in [6.07, 6.45) is 0. The molecule has 0 spiro atoms. The highest BCUT2D eigenvalue weighted by molar-refractivity contribution is 9.10. The van der Waals surface area contributed by atoms with Crippen molar-refractivity contribution in [3.05, 3.63) is 79.4 Å². The number of carbonyl (C=O) groups excluding carboxylic acids is 1. The number of aromatic nitrogens is 2. The maximum Gasteiger partial charge on any atom is 0.329 e. The lowest BCUT2D eigenvalue weighted by Gasteiger charge is -2.16. The molecule has 0 fully saturated rings. The zero-order valence-corrected chi connectivity index (χ0v) is 15.0. The number of H-pyrrole nitrogens is 1. The smallest absolute Gasteiger partial charge is 0.329 e. The van der Waals surface area contributed by atoms with Gasteiger partial charge in [0.2, 0.25) is 5.91 Å². The van der Waals surface area contributed by atoms with Gasteiger partial charge < -0.3 is 10.3 Å². The van der Waals surface area contributed by atoms with Crippen molar-refractivity contribution >= 4 is 32.7 Å². The first-order chi connectivity index (χ1) is 12.0. The number of hydrogen-bond donors (Lipinski definition) is 2. The van der Waals surface area contributed by atoms with Crippen molar-refractivity contribution in [3.8, 4) is 0 Å². The molecule has 1 heterocycles. The first-order valence-electron chi connectivity index (χ1n) is 7.73. The van der Waals surface area contributed by atoms with Crippen molar-refractivity contribution in [2.75, 3.05) is 0 Å². The van der Waals surface area contributed by atoms with Crippen LogP contribution in [0.3, 0.4) is 0 Å². The molecule has 0 aliphatic rings. The molecular weight excluding hydrogens is 386 g/mol. The van der Waals surface area contributed by atoms with E-state index in [1.807, 2.05) is 31.2 Å². The van der Waals surface area contributed by atoms with Crippen LogP contribution in [0.5, 0.6) is 0 Å². The second-order valence-electron chi connectivity index (χ2n) is 5.68. The molecule has 3 rings (SSSR count). The lowest BCUT2D eigenvalue weighted by molar-refractivity contribution is -0.122. The lowest BCUT2D eigenvalue weighted by atomic mass is 10.1. The van der Waals surface area contributed by atoms with Gasteiger partial charge in [0, 0.05) is 4.47 Å². The van der Waals surface area contributed by atoms with Crippen LogP contribution in [0.2, 0.25) is 0 Å². The Morgan fingerprint density at radius 2 is 1.84 bits per heavy atom. The highest BCUT2D eigenvalue weighted by atomic mass is 79.9. The summed E-state index contributed by atoms with van der Waals surface area (Å²) in [7, 11) is 0. The quantitative estimate of drug-likeness (QED) is 0.703. The number of nitrogens with zero attached hydrogens (tertiary/aromatic N) is 1. The molecule has 1 atom stereocenters. The van der Waals surface area contributed by atoms with Gasteiger partial charge in [-0.25, -0.2) is 4.79 Å². The summed E-state index contributed by atoms with van der Waals surface area (Å²) in [5, 5.41) is 3.18. The van der Waals surface area contributed by atoms with Gasteiger partial charge in [-0.15, -0.1) is 0 Å². The van der Waals surface area contributed by atoms with Gasteiger partial charge in [0.25, 0.3) is 5.56 Å². The van der Waals surface area contributed by atoms with E-state index < -0.39 is 17.2 Å². The number of carbonyl (C=O) groups is 1. The predicted molar refractivity (Wildman–Crippen MR) is 99.5 cm³/mol. The molecule has 128 valence electrons. The Kier molecular flexibility index (Phi) is 4.85. The minimum atomic E-state index is -0.604. The van der Waals surface area contributed by atoms with E-state index in [4.69, 9.17) is 0 Å². The molecule has 6 nitrogen and oxygen atoms in total. The molecule has 1 aromatic heterocycles. The molecular formula is C18H16BrN3O3. The monoisotopic (exact) mass is 401 g/mol. The van der Waals surface area contributed by atoms with E-state index in [-0.39, 0.29) is 12.6 Å². The average molecular weight is 402 g/mol. The van der Waals surface area contributed by atoms with Gasteiger partial charge in [-0.2, -0.15) is 0 Å². The molecule has 0 radical (unpaired) electrons. The Bertz CT molecular complexity index is 1060. The number of rotatable bonds is 4. The molecule has 0 aliphatic carbocycles.